The van der Waals surface area contributed by atoms with Crippen molar-refractivity contribution in [3.8, 4) is 5.69 Å². The molecule has 2 aromatic carbocycles. The Bertz CT molecular complexity index is 1110. The van der Waals surface area contributed by atoms with Crippen molar-refractivity contribution in [2.24, 2.45) is 0 Å². The molecule has 6 nitrogen and oxygen atoms in total. The van der Waals surface area contributed by atoms with Crippen molar-refractivity contribution >= 4 is 45.0 Å². The van der Waals surface area contributed by atoms with Crippen LogP contribution in [0.1, 0.15) is 5.82 Å². The van der Waals surface area contributed by atoms with E-state index >= 15 is 0 Å². The monoisotopic (exact) mass is 410 g/mol. The Labute approximate surface area is 172 Å². The molecule has 4 aromatic rings. The van der Waals surface area contributed by atoms with Crippen LogP contribution in [-0.2, 0) is 0 Å². The molecule has 2 aromatic heterocycles. The number of piperazine rings is 1. The molecule has 3 heterocycles. The summed E-state index contributed by atoms with van der Waals surface area (Å²) in [4.78, 5) is 4.66. The van der Waals surface area contributed by atoms with Gasteiger partial charge in [-0.2, -0.15) is 4.37 Å². The first-order valence-electron chi connectivity index (χ1n) is 9.23. The zero-order valence-corrected chi connectivity index (χ0v) is 17.0. The average Bonchev–Trinajstić information content (AvgIpc) is 3.33. The molecule has 0 saturated carbocycles. The van der Waals surface area contributed by atoms with Crippen molar-refractivity contribution in [2.45, 2.75) is 6.92 Å². The van der Waals surface area contributed by atoms with E-state index in [0.717, 1.165) is 54.5 Å². The standard InChI is InChI=1S/C20H19ClN6S/c1-14-22-23-20(27(14)16-8-6-15(21)7-9-16)26-12-10-25(11-13-26)19-17-4-2-3-5-18(17)28-24-19/h2-9H,10-13H2,1H3. The van der Waals surface area contributed by atoms with Crippen molar-refractivity contribution in [1.82, 2.24) is 19.1 Å². The minimum Gasteiger partial charge on any atom is -0.352 e. The summed E-state index contributed by atoms with van der Waals surface area (Å²) in [6.07, 6.45) is 0. The quantitative estimate of drug-likeness (QED) is 0.507. The molecule has 0 unspecified atom stereocenters. The minimum absolute atomic E-state index is 0.722. The summed E-state index contributed by atoms with van der Waals surface area (Å²) in [5, 5.41) is 10.7. The average molecular weight is 411 g/mol. The third kappa shape index (κ3) is 3.00. The van der Waals surface area contributed by atoms with Crippen LogP contribution >= 0.6 is 23.1 Å². The molecule has 0 N–H and O–H groups in total. The van der Waals surface area contributed by atoms with Crippen LogP contribution in [0.15, 0.2) is 48.5 Å². The Morgan fingerprint density at radius 3 is 2.39 bits per heavy atom. The van der Waals surface area contributed by atoms with E-state index in [1.54, 1.807) is 11.5 Å². The van der Waals surface area contributed by atoms with Crippen LogP contribution in [0, 0.1) is 6.92 Å². The van der Waals surface area contributed by atoms with Gasteiger partial charge in [0.25, 0.3) is 0 Å². The zero-order chi connectivity index (χ0) is 19.1. The van der Waals surface area contributed by atoms with Crippen LogP contribution < -0.4 is 9.80 Å². The molecule has 8 heteroatoms. The minimum atomic E-state index is 0.722. The van der Waals surface area contributed by atoms with Gasteiger partial charge in [-0.05, 0) is 54.9 Å². The maximum Gasteiger partial charge on any atom is 0.232 e. The highest BCUT2D eigenvalue weighted by Crippen LogP contribution is 2.30. The molecule has 28 heavy (non-hydrogen) atoms. The lowest BCUT2D eigenvalue weighted by Crippen LogP contribution is -2.47. The third-order valence-electron chi connectivity index (χ3n) is 5.11. The Balaban J connectivity index is 1.38. The highest BCUT2D eigenvalue weighted by atomic mass is 35.5. The Kier molecular flexibility index (Phi) is 4.41. The van der Waals surface area contributed by atoms with Gasteiger partial charge >= 0.3 is 0 Å². The van der Waals surface area contributed by atoms with E-state index in [-0.39, 0.29) is 0 Å². The van der Waals surface area contributed by atoms with Gasteiger partial charge in [-0.1, -0.05) is 23.7 Å². The molecular weight excluding hydrogens is 392 g/mol. The fraction of sp³-hybridized carbons (Fsp3) is 0.250. The van der Waals surface area contributed by atoms with Crippen LogP contribution in [0.4, 0.5) is 11.8 Å². The molecule has 0 spiro atoms. The topological polar surface area (TPSA) is 50.1 Å². The van der Waals surface area contributed by atoms with Gasteiger partial charge in [-0.3, -0.25) is 4.57 Å². The number of hydrogen-bond acceptors (Lipinski definition) is 6. The first-order valence-corrected chi connectivity index (χ1v) is 10.4. The SMILES string of the molecule is Cc1nnc(N2CCN(c3nsc4ccccc34)CC2)n1-c1ccc(Cl)cc1. The molecule has 0 bridgehead atoms. The zero-order valence-electron chi connectivity index (χ0n) is 15.4. The number of aryl methyl sites for hydroxylation is 1. The number of anilines is 2. The molecule has 0 amide bonds. The number of hydrogen-bond donors (Lipinski definition) is 0. The van der Waals surface area contributed by atoms with Crippen molar-refractivity contribution in [3.63, 3.8) is 0 Å². The van der Waals surface area contributed by atoms with Gasteiger partial charge in [-0.15, -0.1) is 10.2 Å². The molecule has 1 aliphatic heterocycles. The summed E-state index contributed by atoms with van der Waals surface area (Å²) in [7, 11) is 0. The van der Waals surface area contributed by atoms with E-state index in [0.29, 0.717) is 0 Å². The van der Waals surface area contributed by atoms with Gasteiger partial charge in [0.1, 0.15) is 11.6 Å². The number of halogens is 1. The van der Waals surface area contributed by atoms with Crippen molar-refractivity contribution in [1.29, 1.82) is 0 Å². The molecule has 1 fully saturated rings. The highest BCUT2D eigenvalue weighted by molar-refractivity contribution is 7.13. The summed E-state index contributed by atoms with van der Waals surface area (Å²) in [5.41, 5.74) is 1.02. The van der Waals surface area contributed by atoms with Crippen LogP contribution in [0.3, 0.4) is 0 Å². The molecule has 0 atom stereocenters. The summed E-state index contributed by atoms with van der Waals surface area (Å²) in [6, 6.07) is 16.2. The first kappa shape index (κ1) is 17.5. The van der Waals surface area contributed by atoms with Gasteiger partial charge in [0, 0.05) is 36.6 Å². The van der Waals surface area contributed by atoms with Crippen molar-refractivity contribution in [3.05, 3.63) is 59.4 Å². The highest BCUT2D eigenvalue weighted by Gasteiger charge is 2.24. The summed E-state index contributed by atoms with van der Waals surface area (Å²) in [6.45, 7) is 5.53. The predicted molar refractivity (Wildman–Crippen MR) is 115 cm³/mol. The third-order valence-corrected chi connectivity index (χ3v) is 6.18. The number of aromatic nitrogens is 4. The van der Waals surface area contributed by atoms with E-state index < -0.39 is 0 Å². The lowest BCUT2D eigenvalue weighted by Gasteiger charge is -2.35. The Morgan fingerprint density at radius 2 is 1.61 bits per heavy atom. The largest absolute Gasteiger partial charge is 0.352 e. The predicted octanol–water partition coefficient (Wildman–Crippen LogP) is 4.17. The Hall–Kier alpha value is -2.64. The number of fused-ring (bicyclic) bond motifs is 1. The van der Waals surface area contributed by atoms with Crippen molar-refractivity contribution < 1.29 is 0 Å². The fourth-order valence-corrected chi connectivity index (χ4v) is 4.59. The smallest absolute Gasteiger partial charge is 0.232 e. The molecule has 1 saturated heterocycles. The van der Waals surface area contributed by atoms with Crippen molar-refractivity contribution in [2.75, 3.05) is 36.0 Å². The van der Waals surface area contributed by atoms with Crippen LogP contribution in [-0.4, -0.2) is 45.3 Å². The number of rotatable bonds is 3. The van der Waals surface area contributed by atoms with E-state index in [4.69, 9.17) is 16.0 Å². The van der Waals surface area contributed by atoms with E-state index in [1.807, 2.05) is 31.2 Å². The molecule has 1 aliphatic rings. The fourth-order valence-electron chi connectivity index (χ4n) is 3.67. The second-order valence-corrected chi connectivity index (χ2v) is 8.08. The molecule has 142 valence electrons. The lowest BCUT2D eigenvalue weighted by atomic mass is 10.2. The lowest BCUT2D eigenvalue weighted by molar-refractivity contribution is 0.633. The molecular formula is C20H19ClN6S. The maximum absolute atomic E-state index is 6.05. The first-order chi connectivity index (χ1) is 13.7. The van der Waals surface area contributed by atoms with E-state index in [1.165, 1.54) is 10.1 Å². The number of benzene rings is 2. The summed E-state index contributed by atoms with van der Waals surface area (Å²) < 4.78 is 8.02. The van der Waals surface area contributed by atoms with Gasteiger partial charge in [0.15, 0.2) is 0 Å². The van der Waals surface area contributed by atoms with E-state index in [2.05, 4.69) is 48.8 Å². The molecule has 0 radical (unpaired) electrons. The molecule has 0 aliphatic carbocycles. The second kappa shape index (κ2) is 7.07. The van der Waals surface area contributed by atoms with Gasteiger partial charge in [0.2, 0.25) is 5.95 Å². The second-order valence-electron chi connectivity index (χ2n) is 6.84. The number of nitrogens with zero attached hydrogens (tertiary/aromatic N) is 6. The van der Waals surface area contributed by atoms with Crippen LogP contribution in [0.5, 0.6) is 0 Å². The van der Waals surface area contributed by atoms with Gasteiger partial charge in [0.05, 0.1) is 10.4 Å². The normalized spacial score (nSPS) is 14.8. The summed E-state index contributed by atoms with van der Waals surface area (Å²) in [5.74, 6) is 2.84. The molecule has 5 rings (SSSR count). The summed E-state index contributed by atoms with van der Waals surface area (Å²) >= 11 is 7.61. The van der Waals surface area contributed by atoms with Gasteiger partial charge in [-0.25, -0.2) is 0 Å². The maximum atomic E-state index is 6.05. The van der Waals surface area contributed by atoms with Crippen LogP contribution in [0.2, 0.25) is 5.02 Å². The van der Waals surface area contributed by atoms with E-state index in [9.17, 15) is 0 Å². The Morgan fingerprint density at radius 1 is 0.893 bits per heavy atom. The van der Waals surface area contributed by atoms with Gasteiger partial charge < -0.3 is 9.80 Å². The van der Waals surface area contributed by atoms with Crippen LogP contribution in [0.25, 0.3) is 15.8 Å².